The molecule has 2 aliphatic rings. The fourth-order valence-corrected chi connectivity index (χ4v) is 5.11. The number of carbonyl (C=O) groups excluding carboxylic acids is 2. The molecule has 126 valence electrons. The minimum atomic E-state index is -0.0965. The van der Waals surface area contributed by atoms with Gasteiger partial charge in [0.25, 0.3) is 5.91 Å². The van der Waals surface area contributed by atoms with E-state index >= 15 is 0 Å². The van der Waals surface area contributed by atoms with Gasteiger partial charge in [-0.05, 0) is 47.5 Å². The van der Waals surface area contributed by atoms with E-state index in [1.54, 1.807) is 6.07 Å². The Balaban J connectivity index is 1.47. The number of nitrogens with one attached hydrogen (secondary N) is 2. The zero-order valence-electron chi connectivity index (χ0n) is 14.1. The van der Waals surface area contributed by atoms with Crippen LogP contribution in [0.5, 0.6) is 0 Å². The number of rotatable bonds is 5. The van der Waals surface area contributed by atoms with Crippen LogP contribution >= 0.6 is 11.3 Å². The molecule has 0 spiro atoms. The molecule has 5 heteroatoms. The van der Waals surface area contributed by atoms with E-state index in [0.717, 1.165) is 12.3 Å². The lowest BCUT2D eigenvalue weighted by Crippen LogP contribution is -2.47. The fourth-order valence-electron chi connectivity index (χ4n) is 4.47. The molecule has 0 aliphatic heterocycles. The molecule has 3 atom stereocenters. The van der Waals surface area contributed by atoms with Gasteiger partial charge in [0.05, 0.1) is 4.88 Å². The zero-order valence-corrected chi connectivity index (χ0v) is 15.0. The molecule has 1 heterocycles. The predicted molar refractivity (Wildman–Crippen MR) is 92.4 cm³/mol. The van der Waals surface area contributed by atoms with Crippen molar-refractivity contribution >= 4 is 23.2 Å². The first-order valence-electron chi connectivity index (χ1n) is 8.45. The van der Waals surface area contributed by atoms with E-state index in [4.69, 9.17) is 0 Å². The smallest absolute Gasteiger partial charge is 0.261 e. The molecule has 3 unspecified atom stereocenters. The van der Waals surface area contributed by atoms with Gasteiger partial charge in [-0.25, -0.2) is 0 Å². The largest absolute Gasteiger partial charge is 0.353 e. The lowest BCUT2D eigenvalue weighted by Gasteiger charge is -2.39. The third kappa shape index (κ3) is 2.80. The van der Waals surface area contributed by atoms with E-state index < -0.39 is 0 Å². The van der Waals surface area contributed by atoms with Gasteiger partial charge in [0.2, 0.25) is 5.91 Å². The van der Waals surface area contributed by atoms with Gasteiger partial charge in [0.1, 0.15) is 0 Å². The summed E-state index contributed by atoms with van der Waals surface area (Å²) < 4.78 is 0. The average molecular weight is 334 g/mol. The molecular formula is C18H26N2O2S. The van der Waals surface area contributed by atoms with Crippen molar-refractivity contribution in [3.05, 3.63) is 22.4 Å². The average Bonchev–Trinajstić information content (AvgIpc) is 3.13. The van der Waals surface area contributed by atoms with Crippen molar-refractivity contribution in [1.29, 1.82) is 0 Å². The van der Waals surface area contributed by atoms with Gasteiger partial charge in [0, 0.05) is 19.0 Å². The highest BCUT2D eigenvalue weighted by atomic mass is 32.1. The summed E-state index contributed by atoms with van der Waals surface area (Å²) in [5.41, 5.74) is 0.506. The number of amides is 2. The minimum absolute atomic E-state index is 0.0473. The maximum absolute atomic E-state index is 12.2. The van der Waals surface area contributed by atoms with Crippen LogP contribution in [0.15, 0.2) is 17.5 Å². The van der Waals surface area contributed by atoms with Crippen LogP contribution in [0.25, 0.3) is 0 Å². The van der Waals surface area contributed by atoms with E-state index in [1.807, 2.05) is 11.4 Å². The number of thiophene rings is 1. The van der Waals surface area contributed by atoms with Gasteiger partial charge in [-0.3, -0.25) is 9.59 Å². The first-order chi connectivity index (χ1) is 10.8. The summed E-state index contributed by atoms with van der Waals surface area (Å²) in [5.74, 6) is 0.670. The van der Waals surface area contributed by atoms with Crippen molar-refractivity contribution in [1.82, 2.24) is 10.6 Å². The summed E-state index contributed by atoms with van der Waals surface area (Å²) in [4.78, 5) is 24.8. The summed E-state index contributed by atoms with van der Waals surface area (Å²) >= 11 is 1.41. The van der Waals surface area contributed by atoms with Crippen LogP contribution in [0.2, 0.25) is 0 Å². The third-order valence-electron chi connectivity index (χ3n) is 6.51. The first kappa shape index (κ1) is 16.5. The first-order valence-corrected chi connectivity index (χ1v) is 9.33. The molecule has 2 saturated carbocycles. The Labute approximate surface area is 142 Å². The van der Waals surface area contributed by atoms with Gasteiger partial charge in [-0.2, -0.15) is 0 Å². The summed E-state index contributed by atoms with van der Waals surface area (Å²) in [6, 6.07) is 3.92. The van der Waals surface area contributed by atoms with Gasteiger partial charge in [0.15, 0.2) is 0 Å². The van der Waals surface area contributed by atoms with Crippen molar-refractivity contribution in [3.63, 3.8) is 0 Å². The molecule has 3 rings (SSSR count). The summed E-state index contributed by atoms with van der Waals surface area (Å²) in [6.07, 6.45) is 3.92. The van der Waals surface area contributed by atoms with Crippen LogP contribution in [-0.2, 0) is 4.79 Å². The Morgan fingerprint density at radius 2 is 2.13 bits per heavy atom. The monoisotopic (exact) mass is 334 g/mol. The third-order valence-corrected chi connectivity index (χ3v) is 7.38. The van der Waals surface area contributed by atoms with Crippen LogP contribution in [0.1, 0.15) is 56.1 Å². The van der Waals surface area contributed by atoms with Gasteiger partial charge < -0.3 is 10.6 Å². The van der Waals surface area contributed by atoms with Crippen LogP contribution in [0.4, 0.5) is 0 Å². The van der Waals surface area contributed by atoms with E-state index in [1.165, 1.54) is 24.2 Å². The minimum Gasteiger partial charge on any atom is -0.353 e. The van der Waals surface area contributed by atoms with Crippen molar-refractivity contribution in [2.75, 3.05) is 6.54 Å². The van der Waals surface area contributed by atoms with Crippen LogP contribution in [-0.4, -0.2) is 24.4 Å². The van der Waals surface area contributed by atoms with E-state index in [-0.39, 0.29) is 23.3 Å². The summed E-state index contributed by atoms with van der Waals surface area (Å²) in [6.45, 7) is 7.40. The van der Waals surface area contributed by atoms with Gasteiger partial charge in [-0.1, -0.05) is 26.8 Å². The Bertz CT molecular complexity index is 596. The predicted octanol–water partition coefficient (Wildman–Crippen LogP) is 3.20. The lowest BCUT2D eigenvalue weighted by atomic mass is 9.69. The number of hydrogen-bond acceptors (Lipinski definition) is 3. The van der Waals surface area contributed by atoms with Gasteiger partial charge in [-0.15, -0.1) is 11.3 Å². The summed E-state index contributed by atoms with van der Waals surface area (Å²) in [5, 5.41) is 7.91. The van der Waals surface area contributed by atoms with Crippen molar-refractivity contribution < 1.29 is 9.59 Å². The number of carbonyl (C=O) groups is 2. The molecule has 2 N–H and O–H groups in total. The number of hydrogen-bond donors (Lipinski definition) is 2. The van der Waals surface area contributed by atoms with Gasteiger partial charge >= 0.3 is 0 Å². The SMILES string of the molecule is CC1(C)C2CCC1(C)C(NC(=O)CCNC(=O)c1cccs1)C2. The maximum Gasteiger partial charge on any atom is 0.261 e. The highest BCUT2D eigenvalue weighted by molar-refractivity contribution is 7.12. The molecule has 0 radical (unpaired) electrons. The molecule has 0 saturated heterocycles. The second-order valence-electron chi connectivity index (χ2n) is 7.71. The van der Waals surface area contributed by atoms with E-state index in [0.29, 0.717) is 23.3 Å². The molecule has 2 amide bonds. The topological polar surface area (TPSA) is 58.2 Å². The molecule has 1 aromatic rings. The molecule has 0 aromatic carbocycles. The highest BCUT2D eigenvalue weighted by Crippen LogP contribution is 2.65. The zero-order chi connectivity index (χ0) is 16.7. The Hall–Kier alpha value is -1.36. The van der Waals surface area contributed by atoms with Crippen molar-refractivity contribution in [2.45, 2.75) is 52.5 Å². The second-order valence-corrected chi connectivity index (χ2v) is 8.66. The fraction of sp³-hybridized carbons (Fsp3) is 0.667. The van der Waals surface area contributed by atoms with E-state index in [2.05, 4.69) is 31.4 Å². The van der Waals surface area contributed by atoms with Crippen LogP contribution in [0, 0.1) is 16.7 Å². The molecule has 2 fully saturated rings. The van der Waals surface area contributed by atoms with Crippen LogP contribution in [0.3, 0.4) is 0 Å². The lowest BCUT2D eigenvalue weighted by molar-refractivity contribution is -0.122. The van der Waals surface area contributed by atoms with Crippen LogP contribution < -0.4 is 10.6 Å². The molecular weight excluding hydrogens is 308 g/mol. The Morgan fingerprint density at radius 3 is 2.70 bits per heavy atom. The second kappa shape index (κ2) is 5.93. The molecule has 23 heavy (non-hydrogen) atoms. The summed E-state index contributed by atoms with van der Waals surface area (Å²) in [7, 11) is 0. The maximum atomic E-state index is 12.2. The standard InChI is InChI=1S/C18H26N2O2S/c1-17(2)12-6-8-18(17,3)14(11-12)20-15(21)7-9-19-16(22)13-5-4-10-23-13/h4-5,10,12,14H,6-9,11H2,1-3H3,(H,19,22)(H,20,21). The quantitative estimate of drug-likeness (QED) is 0.869. The molecule has 2 bridgehead atoms. The van der Waals surface area contributed by atoms with E-state index in [9.17, 15) is 9.59 Å². The van der Waals surface area contributed by atoms with Crippen molar-refractivity contribution in [3.8, 4) is 0 Å². The molecule has 1 aromatic heterocycles. The number of fused-ring (bicyclic) bond motifs is 2. The van der Waals surface area contributed by atoms with Crippen molar-refractivity contribution in [2.24, 2.45) is 16.7 Å². The normalized spacial score (nSPS) is 31.1. The Morgan fingerprint density at radius 1 is 1.35 bits per heavy atom. The highest BCUT2D eigenvalue weighted by Gasteiger charge is 2.61. The Kier molecular flexibility index (Phi) is 4.25. The molecule has 2 aliphatic carbocycles. The molecule has 4 nitrogen and oxygen atoms in total.